The van der Waals surface area contributed by atoms with Crippen molar-refractivity contribution in [1.82, 2.24) is 4.98 Å². The van der Waals surface area contributed by atoms with Gasteiger partial charge in [-0.25, -0.2) is 4.98 Å². The van der Waals surface area contributed by atoms with E-state index in [4.69, 9.17) is 16.9 Å². The lowest BCUT2D eigenvalue weighted by molar-refractivity contribution is -0.137. The van der Waals surface area contributed by atoms with Gasteiger partial charge in [0.05, 0.1) is 11.1 Å². The molecule has 0 fully saturated rings. The van der Waals surface area contributed by atoms with Crippen LogP contribution in [0, 0.1) is 18.3 Å². The van der Waals surface area contributed by atoms with Gasteiger partial charge >= 0.3 is 6.18 Å². The third-order valence-corrected chi connectivity index (χ3v) is 4.52. The zero-order chi connectivity index (χ0) is 21.2. The van der Waals surface area contributed by atoms with Crippen molar-refractivity contribution >= 4 is 23.2 Å². The highest BCUT2D eigenvalue weighted by atomic mass is 35.5. The van der Waals surface area contributed by atoms with E-state index in [2.05, 4.69) is 10.3 Å². The highest BCUT2D eigenvalue weighted by molar-refractivity contribution is 6.30. The van der Waals surface area contributed by atoms with Crippen LogP contribution in [0.4, 0.5) is 18.9 Å². The Hall–Kier alpha value is -3.37. The molecule has 0 aliphatic heterocycles. The molecule has 0 unspecified atom stereocenters. The molecule has 4 nitrogen and oxygen atoms in total. The Morgan fingerprint density at radius 1 is 1.17 bits per heavy atom. The molecular formula is C21H13ClF3N3O. The van der Waals surface area contributed by atoms with Crippen LogP contribution in [0.25, 0.3) is 11.1 Å². The van der Waals surface area contributed by atoms with Crippen molar-refractivity contribution in [2.75, 3.05) is 5.32 Å². The number of nitriles is 1. The van der Waals surface area contributed by atoms with E-state index in [1.54, 1.807) is 24.3 Å². The first-order valence-electron chi connectivity index (χ1n) is 8.34. The highest BCUT2D eigenvalue weighted by Gasteiger charge is 2.30. The number of alkyl halides is 3. The van der Waals surface area contributed by atoms with E-state index in [-0.39, 0.29) is 16.3 Å². The predicted octanol–water partition coefficient (Wildman–Crippen LogP) is 5.85. The average molecular weight is 416 g/mol. The number of carbonyl (C=O) groups is 1. The zero-order valence-corrected chi connectivity index (χ0v) is 15.8. The number of nitrogens with one attached hydrogen (secondary N) is 1. The Balaban J connectivity index is 1.91. The second-order valence-electron chi connectivity index (χ2n) is 6.24. The Morgan fingerprint density at radius 3 is 2.62 bits per heavy atom. The molecule has 1 amide bonds. The van der Waals surface area contributed by atoms with E-state index >= 15 is 0 Å². The maximum absolute atomic E-state index is 12.9. The summed E-state index contributed by atoms with van der Waals surface area (Å²) < 4.78 is 38.6. The lowest BCUT2D eigenvalue weighted by atomic mass is 10.00. The lowest BCUT2D eigenvalue weighted by Crippen LogP contribution is -2.14. The Labute approximate surface area is 169 Å². The standard InChI is InChI=1S/C21H13ClF3N3O/c1-12-5-6-17(9-18(12)15-7-14(10-26)19(22)27-11-15)28-20(29)13-3-2-4-16(8-13)21(23,24)25/h2-9,11H,1H3,(H,28,29). The molecule has 0 radical (unpaired) electrons. The lowest BCUT2D eigenvalue weighted by Gasteiger charge is -2.12. The molecule has 0 spiro atoms. The fourth-order valence-electron chi connectivity index (χ4n) is 2.72. The molecule has 3 aromatic rings. The fourth-order valence-corrected chi connectivity index (χ4v) is 2.87. The van der Waals surface area contributed by atoms with E-state index in [1.165, 1.54) is 18.3 Å². The summed E-state index contributed by atoms with van der Waals surface area (Å²) in [5, 5.41) is 11.8. The minimum absolute atomic E-state index is 0.0860. The first-order valence-corrected chi connectivity index (χ1v) is 8.72. The number of carbonyl (C=O) groups excluding carboxylic acids is 1. The molecule has 0 aliphatic rings. The van der Waals surface area contributed by atoms with Gasteiger partial charge in [-0.3, -0.25) is 4.79 Å². The normalized spacial score (nSPS) is 11.0. The number of pyridine rings is 1. The summed E-state index contributed by atoms with van der Waals surface area (Å²) in [6.07, 6.45) is -3.03. The largest absolute Gasteiger partial charge is 0.416 e. The number of amides is 1. The first kappa shape index (κ1) is 20.4. The van der Waals surface area contributed by atoms with E-state index < -0.39 is 17.6 Å². The van der Waals surface area contributed by atoms with E-state index in [9.17, 15) is 18.0 Å². The zero-order valence-electron chi connectivity index (χ0n) is 15.0. The molecule has 146 valence electrons. The second-order valence-corrected chi connectivity index (χ2v) is 6.59. The summed E-state index contributed by atoms with van der Waals surface area (Å²) in [5.74, 6) is -0.669. The first-order chi connectivity index (χ1) is 13.7. The SMILES string of the molecule is Cc1ccc(NC(=O)c2cccc(C(F)(F)F)c2)cc1-c1cnc(Cl)c(C#N)c1. The number of hydrogen-bond donors (Lipinski definition) is 1. The third-order valence-electron chi connectivity index (χ3n) is 4.22. The van der Waals surface area contributed by atoms with Gasteiger partial charge in [0.25, 0.3) is 5.91 Å². The summed E-state index contributed by atoms with van der Waals surface area (Å²) in [6, 6.07) is 12.8. The maximum atomic E-state index is 12.9. The monoisotopic (exact) mass is 415 g/mol. The molecule has 8 heteroatoms. The van der Waals surface area contributed by atoms with Crippen molar-refractivity contribution in [2.45, 2.75) is 13.1 Å². The van der Waals surface area contributed by atoms with Crippen molar-refractivity contribution in [3.63, 3.8) is 0 Å². The smallest absolute Gasteiger partial charge is 0.322 e. The van der Waals surface area contributed by atoms with Crippen LogP contribution in [-0.4, -0.2) is 10.9 Å². The molecule has 0 atom stereocenters. The van der Waals surface area contributed by atoms with Crippen molar-refractivity contribution in [2.24, 2.45) is 0 Å². The van der Waals surface area contributed by atoms with Gasteiger partial charge in [0, 0.05) is 23.0 Å². The molecule has 29 heavy (non-hydrogen) atoms. The minimum Gasteiger partial charge on any atom is -0.322 e. The second kappa shape index (κ2) is 7.94. The molecular weight excluding hydrogens is 403 g/mol. The molecule has 1 heterocycles. The van der Waals surface area contributed by atoms with Gasteiger partial charge in [0.1, 0.15) is 11.2 Å². The number of halogens is 4. The van der Waals surface area contributed by atoms with Crippen molar-refractivity contribution in [3.05, 3.63) is 82.1 Å². The van der Waals surface area contributed by atoms with Crippen LogP contribution in [0.3, 0.4) is 0 Å². The van der Waals surface area contributed by atoms with Crippen LogP contribution in [0.1, 0.15) is 27.0 Å². The Morgan fingerprint density at radius 2 is 1.93 bits per heavy atom. The molecule has 3 rings (SSSR count). The Bertz CT molecular complexity index is 1140. The van der Waals surface area contributed by atoms with Gasteiger partial charge in [0.15, 0.2) is 0 Å². The summed E-state index contributed by atoms with van der Waals surface area (Å²) >= 11 is 5.87. The number of rotatable bonds is 3. The number of aromatic nitrogens is 1. The highest BCUT2D eigenvalue weighted by Crippen LogP contribution is 2.31. The summed E-state index contributed by atoms with van der Waals surface area (Å²) in [7, 11) is 0. The number of anilines is 1. The summed E-state index contributed by atoms with van der Waals surface area (Å²) in [6.45, 7) is 1.84. The van der Waals surface area contributed by atoms with E-state index in [1.807, 2.05) is 13.0 Å². The number of benzene rings is 2. The van der Waals surface area contributed by atoms with Crippen LogP contribution in [0.2, 0.25) is 5.15 Å². The maximum Gasteiger partial charge on any atom is 0.416 e. The van der Waals surface area contributed by atoms with Gasteiger partial charge in [-0.1, -0.05) is 23.7 Å². The third kappa shape index (κ3) is 4.55. The molecule has 0 saturated carbocycles. The average Bonchev–Trinajstić information content (AvgIpc) is 2.69. The topological polar surface area (TPSA) is 65.8 Å². The van der Waals surface area contributed by atoms with Crippen molar-refractivity contribution in [1.29, 1.82) is 5.26 Å². The Kier molecular flexibility index (Phi) is 5.57. The van der Waals surface area contributed by atoms with Crippen molar-refractivity contribution in [3.8, 4) is 17.2 Å². The van der Waals surface area contributed by atoms with E-state index in [0.29, 0.717) is 16.8 Å². The number of nitrogens with zero attached hydrogens (tertiary/aromatic N) is 2. The van der Waals surface area contributed by atoms with Gasteiger partial charge in [0.2, 0.25) is 0 Å². The fraction of sp³-hybridized carbons (Fsp3) is 0.0952. The summed E-state index contributed by atoms with van der Waals surface area (Å²) in [4.78, 5) is 16.4. The predicted molar refractivity (Wildman–Crippen MR) is 104 cm³/mol. The summed E-state index contributed by atoms with van der Waals surface area (Å²) in [5.41, 5.74) is 1.78. The molecule has 0 aliphatic carbocycles. The van der Waals surface area contributed by atoms with Crippen molar-refractivity contribution < 1.29 is 18.0 Å². The molecule has 1 aromatic heterocycles. The minimum atomic E-state index is -4.53. The van der Waals surface area contributed by atoms with Crippen LogP contribution >= 0.6 is 11.6 Å². The molecule has 0 bridgehead atoms. The van der Waals surface area contributed by atoms with Crippen LogP contribution < -0.4 is 5.32 Å². The van der Waals surface area contributed by atoms with Crippen LogP contribution in [0.15, 0.2) is 54.7 Å². The quantitative estimate of drug-likeness (QED) is 0.545. The molecule has 0 saturated heterocycles. The van der Waals surface area contributed by atoms with Gasteiger partial charge in [-0.2, -0.15) is 18.4 Å². The van der Waals surface area contributed by atoms with E-state index in [0.717, 1.165) is 17.7 Å². The van der Waals surface area contributed by atoms with Gasteiger partial charge < -0.3 is 5.32 Å². The van der Waals surface area contributed by atoms with Gasteiger partial charge in [-0.15, -0.1) is 0 Å². The number of aryl methyl sites for hydroxylation is 1. The molecule has 2 aromatic carbocycles. The van der Waals surface area contributed by atoms with Gasteiger partial charge in [-0.05, 0) is 54.4 Å². The number of hydrogen-bond acceptors (Lipinski definition) is 3. The molecule has 1 N–H and O–H groups in total. The van der Waals surface area contributed by atoms with Crippen LogP contribution in [0.5, 0.6) is 0 Å². The van der Waals surface area contributed by atoms with Crippen LogP contribution in [-0.2, 0) is 6.18 Å².